The number of hydrogen-bond acceptors (Lipinski definition) is 3. The van der Waals surface area contributed by atoms with Crippen molar-refractivity contribution in [3.8, 4) is 5.75 Å². The topological polar surface area (TPSA) is 41.6 Å². The van der Waals surface area contributed by atoms with Gasteiger partial charge in [-0.15, -0.1) is 6.58 Å². The van der Waals surface area contributed by atoms with Crippen molar-refractivity contribution in [2.75, 3.05) is 11.9 Å². The molecule has 0 bridgehead atoms. The summed E-state index contributed by atoms with van der Waals surface area (Å²) in [4.78, 5) is 14.4. The number of hydrogen-bond donors (Lipinski definition) is 1. The minimum atomic E-state index is -2.87. The minimum Gasteiger partial charge on any atom is -0.435 e. The third-order valence-electron chi connectivity index (χ3n) is 3.77. The first-order chi connectivity index (χ1) is 11.6. The highest BCUT2D eigenvalue weighted by atomic mass is 19.3. The molecule has 0 aromatic heterocycles. The maximum Gasteiger partial charge on any atom is 0.387 e. The number of carbonyl (C=O) groups is 1. The van der Waals surface area contributed by atoms with Gasteiger partial charge in [-0.2, -0.15) is 8.78 Å². The van der Waals surface area contributed by atoms with Gasteiger partial charge in [0.2, 0.25) is 0 Å². The van der Waals surface area contributed by atoms with Crippen LogP contribution in [0.3, 0.4) is 0 Å². The number of ether oxygens (including phenoxy) is 1. The summed E-state index contributed by atoms with van der Waals surface area (Å²) in [6.45, 7) is 1.19. The van der Waals surface area contributed by atoms with Crippen LogP contribution in [0.5, 0.6) is 5.75 Å². The molecule has 24 heavy (non-hydrogen) atoms. The zero-order valence-corrected chi connectivity index (χ0v) is 12.8. The van der Waals surface area contributed by atoms with E-state index in [0.29, 0.717) is 12.1 Å². The molecular formula is C18H16F2N2O2. The van der Waals surface area contributed by atoms with Gasteiger partial charge in [-0.3, -0.25) is 4.79 Å². The Bertz CT molecular complexity index is 747. The quantitative estimate of drug-likeness (QED) is 0.841. The van der Waals surface area contributed by atoms with E-state index in [1.807, 2.05) is 12.1 Å². The first-order valence-corrected chi connectivity index (χ1v) is 7.42. The predicted octanol–water partition coefficient (Wildman–Crippen LogP) is 4.04. The molecule has 0 aliphatic carbocycles. The second-order valence-corrected chi connectivity index (χ2v) is 5.29. The lowest BCUT2D eigenvalue weighted by Crippen LogP contribution is -2.42. The first-order valence-electron chi connectivity index (χ1n) is 7.42. The lowest BCUT2D eigenvalue weighted by molar-refractivity contribution is -0.0498. The number of para-hydroxylation sites is 1. The number of amides is 1. The molecule has 0 radical (unpaired) electrons. The fourth-order valence-corrected chi connectivity index (χ4v) is 2.71. The van der Waals surface area contributed by atoms with E-state index in [9.17, 15) is 13.6 Å². The van der Waals surface area contributed by atoms with Gasteiger partial charge in [0, 0.05) is 12.2 Å². The molecule has 0 saturated heterocycles. The average Bonchev–Trinajstić information content (AvgIpc) is 2.58. The smallest absolute Gasteiger partial charge is 0.387 e. The fraction of sp³-hybridized carbons (Fsp3) is 0.167. The molecule has 2 aromatic rings. The van der Waals surface area contributed by atoms with Gasteiger partial charge in [0.25, 0.3) is 5.91 Å². The van der Waals surface area contributed by atoms with Crippen LogP contribution in [0.25, 0.3) is 0 Å². The van der Waals surface area contributed by atoms with Crippen molar-refractivity contribution in [1.82, 2.24) is 4.90 Å². The number of nitrogens with one attached hydrogen (secondary N) is 1. The molecule has 1 unspecified atom stereocenters. The molecule has 0 saturated carbocycles. The zero-order chi connectivity index (χ0) is 17.1. The third kappa shape index (κ3) is 3.08. The van der Waals surface area contributed by atoms with Gasteiger partial charge in [0.1, 0.15) is 11.9 Å². The van der Waals surface area contributed by atoms with Crippen molar-refractivity contribution >= 4 is 11.6 Å². The highest BCUT2D eigenvalue weighted by Crippen LogP contribution is 2.33. The number of rotatable bonds is 5. The van der Waals surface area contributed by atoms with E-state index < -0.39 is 12.8 Å². The van der Waals surface area contributed by atoms with E-state index in [1.165, 1.54) is 12.1 Å². The summed E-state index contributed by atoms with van der Waals surface area (Å²) in [5, 5.41) is 3.31. The van der Waals surface area contributed by atoms with Crippen LogP contribution in [0, 0.1) is 0 Å². The molecule has 1 aliphatic rings. The van der Waals surface area contributed by atoms with Crippen LogP contribution in [0.1, 0.15) is 22.1 Å². The molecule has 6 heteroatoms. The van der Waals surface area contributed by atoms with Crippen molar-refractivity contribution < 1.29 is 18.3 Å². The van der Waals surface area contributed by atoms with Gasteiger partial charge in [-0.25, -0.2) is 0 Å². The summed E-state index contributed by atoms with van der Waals surface area (Å²) in [5.74, 6) is -0.0336. The molecule has 1 amide bonds. The van der Waals surface area contributed by atoms with E-state index in [-0.39, 0.29) is 11.7 Å². The Morgan fingerprint density at radius 3 is 2.58 bits per heavy atom. The molecular weight excluding hydrogens is 314 g/mol. The van der Waals surface area contributed by atoms with Crippen LogP contribution in [0.4, 0.5) is 14.5 Å². The molecule has 0 spiro atoms. The number of anilines is 1. The van der Waals surface area contributed by atoms with Gasteiger partial charge in [-0.05, 0) is 29.8 Å². The molecule has 1 aliphatic heterocycles. The van der Waals surface area contributed by atoms with Gasteiger partial charge in [-0.1, -0.05) is 30.3 Å². The number of alkyl halides is 2. The number of nitrogens with zero attached hydrogens (tertiary/aromatic N) is 1. The lowest BCUT2D eigenvalue weighted by Gasteiger charge is -2.37. The average molecular weight is 330 g/mol. The van der Waals surface area contributed by atoms with Crippen molar-refractivity contribution in [2.45, 2.75) is 12.8 Å². The molecule has 0 fully saturated rings. The molecule has 2 aromatic carbocycles. The predicted molar refractivity (Wildman–Crippen MR) is 87.1 cm³/mol. The molecule has 124 valence electrons. The van der Waals surface area contributed by atoms with Crippen LogP contribution in [-0.4, -0.2) is 24.0 Å². The van der Waals surface area contributed by atoms with Crippen LogP contribution in [0.15, 0.2) is 61.2 Å². The Hall–Kier alpha value is -2.89. The molecule has 3 rings (SSSR count). The largest absolute Gasteiger partial charge is 0.435 e. The number of halogens is 2. The Kier molecular flexibility index (Phi) is 4.46. The van der Waals surface area contributed by atoms with Crippen LogP contribution >= 0.6 is 0 Å². The second-order valence-electron chi connectivity index (χ2n) is 5.29. The van der Waals surface area contributed by atoms with Crippen LogP contribution < -0.4 is 10.1 Å². The second kappa shape index (κ2) is 6.70. The monoisotopic (exact) mass is 330 g/mol. The van der Waals surface area contributed by atoms with Gasteiger partial charge < -0.3 is 15.0 Å². The van der Waals surface area contributed by atoms with Gasteiger partial charge in [0.05, 0.1) is 5.56 Å². The summed E-state index contributed by atoms with van der Waals surface area (Å²) in [6, 6.07) is 13.5. The highest BCUT2D eigenvalue weighted by molar-refractivity contribution is 6.01. The number of fused-ring (bicyclic) bond motifs is 1. The Morgan fingerprint density at radius 1 is 1.21 bits per heavy atom. The Balaban J connectivity index is 1.93. The first kappa shape index (κ1) is 16.0. The molecule has 4 nitrogen and oxygen atoms in total. The summed E-state index contributed by atoms with van der Waals surface area (Å²) in [7, 11) is 0. The van der Waals surface area contributed by atoms with Crippen LogP contribution in [0.2, 0.25) is 0 Å². The molecule has 1 atom stereocenters. The standard InChI is InChI=1S/C18H16F2N2O2/c1-2-11-22-16(12-7-9-13(10-8-12)24-18(19)20)21-15-6-4-3-5-14(15)17(22)23/h2-10,16,18,21H,1,11H2. The van der Waals surface area contributed by atoms with Gasteiger partial charge >= 0.3 is 6.61 Å². The Labute approximate surface area is 138 Å². The van der Waals surface area contributed by atoms with E-state index >= 15 is 0 Å². The summed E-state index contributed by atoms with van der Waals surface area (Å²) in [5.41, 5.74) is 2.09. The Morgan fingerprint density at radius 2 is 1.92 bits per heavy atom. The minimum absolute atomic E-state index is 0.0755. The molecule has 1 heterocycles. The van der Waals surface area contributed by atoms with Crippen molar-refractivity contribution in [3.63, 3.8) is 0 Å². The third-order valence-corrected chi connectivity index (χ3v) is 3.77. The van der Waals surface area contributed by atoms with Crippen molar-refractivity contribution in [1.29, 1.82) is 0 Å². The van der Waals surface area contributed by atoms with Crippen molar-refractivity contribution in [3.05, 3.63) is 72.3 Å². The zero-order valence-electron chi connectivity index (χ0n) is 12.8. The van der Waals surface area contributed by atoms with E-state index in [4.69, 9.17) is 0 Å². The van der Waals surface area contributed by atoms with E-state index in [1.54, 1.807) is 35.2 Å². The maximum absolute atomic E-state index is 12.7. The number of carbonyl (C=O) groups excluding carboxylic acids is 1. The molecule has 1 N–H and O–H groups in total. The summed E-state index contributed by atoms with van der Waals surface area (Å²) < 4.78 is 28.9. The van der Waals surface area contributed by atoms with Crippen molar-refractivity contribution in [2.24, 2.45) is 0 Å². The fourth-order valence-electron chi connectivity index (χ4n) is 2.71. The van der Waals surface area contributed by atoms with E-state index in [2.05, 4.69) is 16.6 Å². The lowest BCUT2D eigenvalue weighted by atomic mass is 10.0. The highest BCUT2D eigenvalue weighted by Gasteiger charge is 2.31. The SMILES string of the molecule is C=CCN1C(=O)c2ccccc2NC1c1ccc(OC(F)F)cc1. The van der Waals surface area contributed by atoms with E-state index in [0.717, 1.165) is 11.3 Å². The normalized spacial score (nSPS) is 16.5. The summed E-state index contributed by atoms with van der Waals surface area (Å²) in [6.07, 6.45) is 1.24. The summed E-state index contributed by atoms with van der Waals surface area (Å²) >= 11 is 0. The van der Waals surface area contributed by atoms with Crippen LogP contribution in [-0.2, 0) is 0 Å². The maximum atomic E-state index is 12.7. The van der Waals surface area contributed by atoms with Gasteiger partial charge in [0.15, 0.2) is 0 Å². The number of benzene rings is 2.